The molecule has 6 nitrogen and oxygen atoms in total. The van der Waals surface area contributed by atoms with Crippen molar-refractivity contribution in [1.29, 1.82) is 0 Å². The Labute approximate surface area is 110 Å². The monoisotopic (exact) mass is 264 g/mol. The number of anilines is 1. The number of ether oxygens (including phenoxy) is 1. The quantitative estimate of drug-likeness (QED) is 0.638. The molecule has 0 fully saturated rings. The van der Waals surface area contributed by atoms with Gasteiger partial charge in [0.05, 0.1) is 7.11 Å². The van der Waals surface area contributed by atoms with Crippen molar-refractivity contribution < 1.29 is 19.1 Å². The molecule has 6 heteroatoms. The summed E-state index contributed by atoms with van der Waals surface area (Å²) < 4.78 is 4.51. The fourth-order valence-corrected chi connectivity index (χ4v) is 1.79. The van der Waals surface area contributed by atoms with E-state index in [1.807, 2.05) is 13.8 Å². The molecular weight excluding hydrogens is 248 g/mol. The van der Waals surface area contributed by atoms with E-state index in [-0.39, 0.29) is 11.5 Å². The molecule has 0 atom stereocenters. The van der Waals surface area contributed by atoms with Crippen molar-refractivity contribution >= 4 is 23.5 Å². The molecule has 1 aromatic carbocycles. The third-order valence-corrected chi connectivity index (χ3v) is 2.57. The maximum atomic E-state index is 11.8. The molecule has 0 aliphatic heterocycles. The van der Waals surface area contributed by atoms with Crippen LogP contribution in [0, 0.1) is 0 Å². The Morgan fingerprint density at radius 3 is 2.37 bits per heavy atom. The number of rotatable bonds is 4. The molecule has 0 unspecified atom stereocenters. The largest absolute Gasteiger partial charge is 0.453 e. The van der Waals surface area contributed by atoms with Crippen molar-refractivity contribution in [3.05, 3.63) is 29.3 Å². The third kappa shape index (κ3) is 3.31. The zero-order chi connectivity index (χ0) is 14.6. The van der Waals surface area contributed by atoms with Crippen molar-refractivity contribution in [2.45, 2.75) is 19.8 Å². The molecule has 1 aromatic rings. The Bertz CT molecular complexity index is 523. The van der Waals surface area contributed by atoms with Crippen LogP contribution in [0.2, 0.25) is 0 Å². The predicted octanol–water partition coefficient (Wildman–Crippen LogP) is 1.66. The highest BCUT2D eigenvalue weighted by atomic mass is 16.5. The number of primary amides is 1. The number of Topliss-reactive ketones (excluding diaryl/α,β-unsaturated/α-hetero) is 1. The van der Waals surface area contributed by atoms with Gasteiger partial charge < -0.3 is 10.5 Å². The predicted molar refractivity (Wildman–Crippen MR) is 70.1 cm³/mol. The molecule has 1 rings (SSSR count). The minimum atomic E-state index is -1.03. The lowest BCUT2D eigenvalue weighted by molar-refractivity contribution is -0.114. The maximum Gasteiger partial charge on any atom is 0.411 e. The molecular formula is C13H16N2O4. The maximum absolute atomic E-state index is 11.8. The number of benzene rings is 1. The number of nitrogens with one attached hydrogen (secondary N) is 1. The first kappa shape index (κ1) is 14.7. The van der Waals surface area contributed by atoms with Crippen LogP contribution in [0.25, 0.3) is 0 Å². The first-order valence-electron chi connectivity index (χ1n) is 5.70. The average molecular weight is 264 g/mol. The Morgan fingerprint density at radius 1 is 1.26 bits per heavy atom. The fraction of sp³-hybridized carbons (Fsp3) is 0.308. The van der Waals surface area contributed by atoms with Crippen molar-refractivity contribution in [2.75, 3.05) is 12.4 Å². The molecule has 102 valence electrons. The van der Waals surface area contributed by atoms with E-state index in [0.29, 0.717) is 11.3 Å². The number of methoxy groups -OCH3 is 1. The molecule has 0 radical (unpaired) electrons. The molecule has 0 saturated heterocycles. The van der Waals surface area contributed by atoms with Crippen LogP contribution >= 0.6 is 0 Å². The van der Waals surface area contributed by atoms with Gasteiger partial charge >= 0.3 is 6.09 Å². The Hall–Kier alpha value is -2.37. The molecule has 0 aliphatic rings. The van der Waals surface area contributed by atoms with Gasteiger partial charge in [-0.25, -0.2) is 4.79 Å². The zero-order valence-corrected chi connectivity index (χ0v) is 11.0. The molecule has 0 spiro atoms. The number of hydrogen-bond donors (Lipinski definition) is 2. The SMILES string of the molecule is COC(=O)Nc1cccc(C(=O)C(N)=O)c1C(C)C. The van der Waals surface area contributed by atoms with Crippen molar-refractivity contribution in [1.82, 2.24) is 0 Å². The number of nitrogens with two attached hydrogens (primary N) is 1. The summed E-state index contributed by atoms with van der Waals surface area (Å²) in [5.41, 5.74) is 6.18. The Kier molecular flexibility index (Phi) is 4.63. The zero-order valence-electron chi connectivity index (χ0n) is 11.0. The van der Waals surface area contributed by atoms with E-state index in [0.717, 1.165) is 0 Å². The van der Waals surface area contributed by atoms with Gasteiger partial charge in [0, 0.05) is 11.3 Å². The topological polar surface area (TPSA) is 98.5 Å². The van der Waals surface area contributed by atoms with Crippen LogP contribution in [-0.2, 0) is 9.53 Å². The van der Waals surface area contributed by atoms with Gasteiger partial charge in [-0.1, -0.05) is 26.0 Å². The molecule has 0 heterocycles. The number of ketones is 1. The lowest BCUT2D eigenvalue weighted by atomic mass is 9.92. The van der Waals surface area contributed by atoms with E-state index in [4.69, 9.17) is 5.73 Å². The third-order valence-electron chi connectivity index (χ3n) is 2.57. The second kappa shape index (κ2) is 5.99. The number of amides is 2. The molecule has 0 aliphatic carbocycles. The van der Waals surface area contributed by atoms with E-state index in [9.17, 15) is 14.4 Å². The fourth-order valence-electron chi connectivity index (χ4n) is 1.79. The summed E-state index contributed by atoms with van der Waals surface area (Å²) in [4.78, 5) is 34.0. The smallest absolute Gasteiger partial charge is 0.411 e. The first-order chi connectivity index (χ1) is 8.88. The van der Waals surface area contributed by atoms with Gasteiger partial charge in [-0.05, 0) is 17.5 Å². The first-order valence-corrected chi connectivity index (χ1v) is 5.70. The van der Waals surface area contributed by atoms with Gasteiger partial charge in [0.15, 0.2) is 0 Å². The Balaban J connectivity index is 3.33. The van der Waals surface area contributed by atoms with Gasteiger partial charge in [0.2, 0.25) is 5.78 Å². The summed E-state index contributed by atoms with van der Waals surface area (Å²) in [5.74, 6) is -1.89. The minimum absolute atomic E-state index is 0.0772. The standard InChI is InChI=1S/C13H16N2O4/c1-7(2)10-8(11(16)12(14)17)5-4-6-9(10)15-13(18)19-3/h4-7H,1-3H3,(H2,14,17)(H,15,18). The van der Waals surface area contributed by atoms with Gasteiger partial charge in [-0.2, -0.15) is 0 Å². The van der Waals surface area contributed by atoms with Gasteiger partial charge in [0.25, 0.3) is 5.91 Å². The summed E-state index contributed by atoms with van der Waals surface area (Å²) >= 11 is 0. The van der Waals surface area contributed by atoms with E-state index in [1.54, 1.807) is 12.1 Å². The lowest BCUT2D eigenvalue weighted by Gasteiger charge is -2.16. The number of carbonyl (C=O) groups excluding carboxylic acids is 3. The minimum Gasteiger partial charge on any atom is -0.453 e. The molecule has 2 amide bonds. The van der Waals surface area contributed by atoms with E-state index >= 15 is 0 Å². The van der Waals surface area contributed by atoms with Crippen molar-refractivity contribution in [3.8, 4) is 0 Å². The summed E-state index contributed by atoms with van der Waals surface area (Å²) in [5, 5.41) is 2.51. The van der Waals surface area contributed by atoms with Crippen LogP contribution in [0.1, 0.15) is 35.7 Å². The second-order valence-corrected chi connectivity index (χ2v) is 4.23. The summed E-state index contributed by atoms with van der Waals surface area (Å²) in [6.07, 6.45) is -0.648. The Morgan fingerprint density at radius 2 is 1.89 bits per heavy atom. The normalized spacial score (nSPS) is 10.1. The number of hydrogen-bond acceptors (Lipinski definition) is 4. The van der Waals surface area contributed by atoms with Crippen LogP contribution in [0.3, 0.4) is 0 Å². The summed E-state index contributed by atoms with van der Waals surface area (Å²) in [6.45, 7) is 3.69. The molecule has 3 N–H and O–H groups in total. The van der Waals surface area contributed by atoms with Crippen LogP contribution < -0.4 is 11.1 Å². The highest BCUT2D eigenvalue weighted by Crippen LogP contribution is 2.28. The highest BCUT2D eigenvalue weighted by Gasteiger charge is 2.21. The van der Waals surface area contributed by atoms with Crippen LogP contribution in [0.4, 0.5) is 10.5 Å². The molecule has 0 aromatic heterocycles. The summed E-state index contributed by atoms with van der Waals surface area (Å²) in [6, 6.07) is 4.70. The van der Waals surface area contributed by atoms with Crippen LogP contribution in [0.5, 0.6) is 0 Å². The molecule has 0 bridgehead atoms. The number of carbonyl (C=O) groups is 3. The average Bonchev–Trinajstić information content (AvgIpc) is 2.36. The van der Waals surface area contributed by atoms with Crippen LogP contribution in [0.15, 0.2) is 18.2 Å². The summed E-state index contributed by atoms with van der Waals surface area (Å²) in [7, 11) is 1.24. The van der Waals surface area contributed by atoms with Crippen LogP contribution in [-0.4, -0.2) is 24.9 Å². The van der Waals surface area contributed by atoms with E-state index < -0.39 is 17.8 Å². The van der Waals surface area contributed by atoms with Gasteiger partial charge in [-0.15, -0.1) is 0 Å². The van der Waals surface area contributed by atoms with Crippen molar-refractivity contribution in [3.63, 3.8) is 0 Å². The van der Waals surface area contributed by atoms with Gasteiger partial charge in [-0.3, -0.25) is 14.9 Å². The highest BCUT2D eigenvalue weighted by molar-refractivity contribution is 6.42. The van der Waals surface area contributed by atoms with Crippen molar-refractivity contribution in [2.24, 2.45) is 5.73 Å². The van der Waals surface area contributed by atoms with E-state index in [2.05, 4.69) is 10.1 Å². The molecule has 19 heavy (non-hydrogen) atoms. The molecule has 0 saturated carbocycles. The lowest BCUT2D eigenvalue weighted by Crippen LogP contribution is -2.25. The van der Waals surface area contributed by atoms with E-state index in [1.165, 1.54) is 13.2 Å². The second-order valence-electron chi connectivity index (χ2n) is 4.23. The van der Waals surface area contributed by atoms with Gasteiger partial charge in [0.1, 0.15) is 0 Å².